The minimum atomic E-state index is -0.795. The van der Waals surface area contributed by atoms with Crippen molar-refractivity contribution >= 4 is 17.9 Å². The molecular weight excluding hydrogens is 937 g/mol. The maximum atomic E-state index is 12.9. The second kappa shape index (κ2) is 63.9. The Morgan fingerprint density at radius 3 is 0.842 bits per heavy atom. The van der Waals surface area contributed by atoms with Gasteiger partial charge in [0.25, 0.3) is 0 Å². The fourth-order valence-electron chi connectivity index (χ4n) is 9.01. The molecule has 76 heavy (non-hydrogen) atoms. The molecule has 6 nitrogen and oxygen atoms in total. The van der Waals surface area contributed by atoms with E-state index in [9.17, 15) is 14.4 Å². The maximum Gasteiger partial charge on any atom is 0.306 e. The summed E-state index contributed by atoms with van der Waals surface area (Å²) in [4.78, 5) is 38.3. The summed E-state index contributed by atoms with van der Waals surface area (Å²) in [5, 5.41) is 0. The molecule has 0 saturated heterocycles. The third kappa shape index (κ3) is 61.2. The summed E-state index contributed by atoms with van der Waals surface area (Å²) in [5.41, 5.74) is 0. The normalized spacial score (nSPS) is 12.7. The number of unbranched alkanes of at least 4 members (excludes halogenated alkanes) is 31. The van der Waals surface area contributed by atoms with E-state index in [0.29, 0.717) is 19.3 Å². The van der Waals surface area contributed by atoms with E-state index in [-0.39, 0.29) is 31.1 Å². The molecule has 0 rings (SSSR count). The minimum absolute atomic E-state index is 0.0905. The van der Waals surface area contributed by atoms with Crippen molar-refractivity contribution in [3.8, 4) is 0 Å². The monoisotopic (exact) mass is 1060 g/mol. The Labute approximate surface area is 470 Å². The van der Waals surface area contributed by atoms with Gasteiger partial charge in [0.2, 0.25) is 0 Å². The molecule has 0 fully saturated rings. The van der Waals surface area contributed by atoms with Crippen molar-refractivity contribution in [2.24, 2.45) is 0 Å². The molecule has 1 unspecified atom stereocenters. The first-order valence-electron chi connectivity index (χ1n) is 32.2. The first kappa shape index (κ1) is 72.3. The van der Waals surface area contributed by atoms with Crippen LogP contribution in [0.1, 0.15) is 310 Å². The third-order valence-electron chi connectivity index (χ3n) is 13.8. The predicted molar refractivity (Wildman–Crippen MR) is 330 cm³/mol. The van der Waals surface area contributed by atoms with Crippen LogP contribution >= 0.6 is 0 Å². The zero-order chi connectivity index (χ0) is 55.0. The predicted octanol–water partition coefficient (Wildman–Crippen LogP) is 22.0. The topological polar surface area (TPSA) is 78.9 Å². The number of hydrogen-bond donors (Lipinski definition) is 0. The molecule has 0 N–H and O–H groups in total. The van der Waals surface area contributed by atoms with Crippen LogP contribution in [0.2, 0.25) is 0 Å². The maximum absolute atomic E-state index is 12.9. The van der Waals surface area contributed by atoms with E-state index < -0.39 is 6.10 Å². The lowest BCUT2D eigenvalue weighted by Gasteiger charge is -2.18. The Balaban J connectivity index is 4.40. The lowest BCUT2D eigenvalue weighted by Crippen LogP contribution is -2.30. The number of ether oxygens (including phenoxy) is 3. The van der Waals surface area contributed by atoms with Gasteiger partial charge in [-0.25, -0.2) is 0 Å². The summed E-state index contributed by atoms with van der Waals surface area (Å²) < 4.78 is 16.9. The van der Waals surface area contributed by atoms with Crippen molar-refractivity contribution in [2.75, 3.05) is 13.2 Å². The number of esters is 3. The SMILES string of the molecule is CC/C=C\C/C=C\C/C=C\C/C=C\C/C=C\C/C=C\C/C=C\CCCCCC(=O)OCC(COC(=O)CCCCCCC/C=C\CCCCCC)OC(=O)CCCCCCCCCCCCCCCCCCCCCC. The van der Waals surface area contributed by atoms with E-state index in [0.717, 1.165) is 116 Å². The van der Waals surface area contributed by atoms with Gasteiger partial charge in [-0.15, -0.1) is 0 Å². The molecule has 0 spiro atoms. The molecule has 0 saturated carbocycles. The van der Waals surface area contributed by atoms with Crippen molar-refractivity contribution in [3.63, 3.8) is 0 Å². The number of hydrogen-bond acceptors (Lipinski definition) is 6. The van der Waals surface area contributed by atoms with E-state index >= 15 is 0 Å². The van der Waals surface area contributed by atoms with Crippen molar-refractivity contribution in [1.82, 2.24) is 0 Å². The number of carbonyl (C=O) groups excluding carboxylic acids is 3. The summed E-state index contributed by atoms with van der Waals surface area (Å²) in [6.07, 6.45) is 85.6. The summed E-state index contributed by atoms with van der Waals surface area (Å²) >= 11 is 0. The van der Waals surface area contributed by atoms with E-state index in [1.165, 1.54) is 154 Å². The molecule has 436 valence electrons. The smallest absolute Gasteiger partial charge is 0.306 e. The van der Waals surface area contributed by atoms with Gasteiger partial charge in [-0.2, -0.15) is 0 Å². The van der Waals surface area contributed by atoms with E-state index in [1.54, 1.807) is 0 Å². The molecule has 0 aliphatic heterocycles. The lowest BCUT2D eigenvalue weighted by molar-refractivity contribution is -0.167. The van der Waals surface area contributed by atoms with E-state index in [4.69, 9.17) is 14.2 Å². The number of rotatable bonds is 58. The molecule has 1 atom stereocenters. The van der Waals surface area contributed by atoms with Crippen molar-refractivity contribution in [2.45, 2.75) is 316 Å². The second-order valence-electron chi connectivity index (χ2n) is 21.3. The largest absolute Gasteiger partial charge is 0.462 e. The van der Waals surface area contributed by atoms with Gasteiger partial charge in [0.15, 0.2) is 6.10 Å². The Kier molecular flexibility index (Phi) is 60.8. The van der Waals surface area contributed by atoms with Gasteiger partial charge < -0.3 is 14.2 Å². The molecule has 0 heterocycles. The van der Waals surface area contributed by atoms with Gasteiger partial charge in [0, 0.05) is 19.3 Å². The van der Waals surface area contributed by atoms with Crippen LogP contribution in [0.25, 0.3) is 0 Å². The Morgan fingerprint density at radius 2 is 0.513 bits per heavy atom. The molecule has 0 aliphatic rings. The standard InChI is InChI=1S/C70H120O6/c1-4-7-10-13-16-19-22-25-27-29-31-33-34-35-36-37-39-40-42-45-48-51-54-57-60-63-69(72)75-66-67(65-74-68(71)62-59-56-53-50-47-44-24-21-18-15-12-9-6-3)76-70(73)64-61-58-55-52-49-46-43-41-38-32-30-28-26-23-20-17-14-11-8-5-2/h7,10,16,19,21,24-25,27,31,33,35-36,39-40,45,48,67H,4-6,8-9,11-15,17-18,20,22-23,26,28-30,32,34,37-38,41-44,46-47,49-66H2,1-3H3/b10-7-,19-16-,24-21-,27-25-,33-31-,36-35-,40-39-,48-45-. The molecular formula is C70H120O6. The highest BCUT2D eigenvalue weighted by molar-refractivity contribution is 5.71. The van der Waals surface area contributed by atoms with E-state index in [1.807, 2.05) is 0 Å². The van der Waals surface area contributed by atoms with Gasteiger partial charge in [0.05, 0.1) is 0 Å². The van der Waals surface area contributed by atoms with Crippen molar-refractivity contribution < 1.29 is 28.6 Å². The van der Waals surface area contributed by atoms with Crippen LogP contribution in [0.4, 0.5) is 0 Å². The summed E-state index contributed by atoms with van der Waals surface area (Å²) in [6, 6.07) is 0. The van der Waals surface area contributed by atoms with Gasteiger partial charge in [-0.1, -0.05) is 285 Å². The summed E-state index contributed by atoms with van der Waals surface area (Å²) in [7, 11) is 0. The highest BCUT2D eigenvalue weighted by Gasteiger charge is 2.19. The first-order valence-corrected chi connectivity index (χ1v) is 32.2. The van der Waals surface area contributed by atoms with Crippen molar-refractivity contribution in [3.05, 3.63) is 97.2 Å². The number of carbonyl (C=O) groups is 3. The molecule has 0 amide bonds. The number of allylic oxidation sites excluding steroid dienone is 16. The zero-order valence-electron chi connectivity index (χ0n) is 50.0. The lowest BCUT2D eigenvalue weighted by atomic mass is 10.0. The average Bonchev–Trinajstić information content (AvgIpc) is 3.42. The fourth-order valence-corrected chi connectivity index (χ4v) is 9.01. The summed E-state index contributed by atoms with van der Waals surface area (Å²) in [5.74, 6) is -0.921. The van der Waals surface area contributed by atoms with Gasteiger partial charge in [0.1, 0.15) is 13.2 Å². The fraction of sp³-hybridized carbons (Fsp3) is 0.729. The quantitative estimate of drug-likeness (QED) is 0.0261. The van der Waals surface area contributed by atoms with Gasteiger partial charge in [-0.05, 0) is 103 Å². The molecule has 0 aliphatic carbocycles. The first-order chi connectivity index (χ1) is 37.5. The van der Waals surface area contributed by atoms with Crippen LogP contribution in [0, 0.1) is 0 Å². The zero-order valence-corrected chi connectivity index (χ0v) is 50.0. The van der Waals surface area contributed by atoms with Gasteiger partial charge >= 0.3 is 17.9 Å². The second-order valence-corrected chi connectivity index (χ2v) is 21.3. The average molecular weight is 1060 g/mol. The van der Waals surface area contributed by atoms with Crippen LogP contribution in [-0.2, 0) is 28.6 Å². The van der Waals surface area contributed by atoms with Crippen LogP contribution < -0.4 is 0 Å². The van der Waals surface area contributed by atoms with Crippen LogP contribution in [-0.4, -0.2) is 37.2 Å². The van der Waals surface area contributed by atoms with Crippen molar-refractivity contribution in [1.29, 1.82) is 0 Å². The minimum Gasteiger partial charge on any atom is -0.462 e. The molecule has 0 aromatic carbocycles. The Hall–Kier alpha value is -3.67. The van der Waals surface area contributed by atoms with Crippen LogP contribution in [0.3, 0.4) is 0 Å². The molecule has 0 aromatic heterocycles. The Morgan fingerprint density at radius 1 is 0.276 bits per heavy atom. The summed E-state index contributed by atoms with van der Waals surface area (Å²) in [6.45, 7) is 6.51. The highest BCUT2D eigenvalue weighted by atomic mass is 16.6. The van der Waals surface area contributed by atoms with Crippen LogP contribution in [0.5, 0.6) is 0 Å². The Bertz CT molecular complexity index is 1490. The van der Waals surface area contributed by atoms with E-state index in [2.05, 4.69) is 118 Å². The van der Waals surface area contributed by atoms with Crippen LogP contribution in [0.15, 0.2) is 97.2 Å². The molecule has 6 heteroatoms. The highest BCUT2D eigenvalue weighted by Crippen LogP contribution is 2.17. The molecule has 0 aromatic rings. The third-order valence-corrected chi connectivity index (χ3v) is 13.8. The molecule has 0 radical (unpaired) electrons. The van der Waals surface area contributed by atoms with Gasteiger partial charge in [-0.3, -0.25) is 14.4 Å². The molecule has 0 bridgehead atoms.